The largest absolute Gasteiger partial charge is 0.356 e. The van der Waals surface area contributed by atoms with Crippen LogP contribution in [0.4, 0.5) is 0 Å². The maximum atomic E-state index is 11.4. The Morgan fingerprint density at radius 2 is 2.43 bits per heavy atom. The molecule has 0 amide bonds. The van der Waals surface area contributed by atoms with E-state index in [1.165, 1.54) is 0 Å². The van der Waals surface area contributed by atoms with Crippen LogP contribution in [-0.2, 0) is 15.7 Å². The van der Waals surface area contributed by atoms with Crippen molar-refractivity contribution in [3.63, 3.8) is 0 Å². The molecule has 0 saturated heterocycles. The Kier molecular flexibility index (Phi) is 2.90. The van der Waals surface area contributed by atoms with Gasteiger partial charge in [-0.1, -0.05) is 6.07 Å². The van der Waals surface area contributed by atoms with E-state index in [0.29, 0.717) is 12.8 Å². The predicted molar refractivity (Wildman–Crippen MR) is 55.7 cm³/mol. The van der Waals surface area contributed by atoms with Crippen molar-refractivity contribution >= 4 is 15.2 Å². The first-order valence-electron chi connectivity index (χ1n) is 4.62. The lowest BCUT2D eigenvalue weighted by atomic mass is 10.1. The van der Waals surface area contributed by atoms with Gasteiger partial charge in [0.15, 0.2) is 0 Å². The summed E-state index contributed by atoms with van der Waals surface area (Å²) in [7, 11) is 2.25. The van der Waals surface area contributed by atoms with Crippen LogP contribution in [0.25, 0.3) is 0 Å². The molecule has 4 heteroatoms. The minimum Gasteiger partial charge on any atom is -0.356 e. The zero-order chi connectivity index (χ0) is 9.97. The quantitative estimate of drug-likeness (QED) is 0.523. The van der Waals surface area contributed by atoms with Gasteiger partial charge >= 0.3 is 0 Å². The highest BCUT2D eigenvalue weighted by molar-refractivity contribution is 7.09. The van der Waals surface area contributed by atoms with Gasteiger partial charge in [-0.25, -0.2) is 0 Å². The van der Waals surface area contributed by atoms with E-state index in [2.05, 4.69) is 14.5 Å². The smallest absolute Gasteiger partial charge is 0.137 e. The Morgan fingerprint density at radius 1 is 1.57 bits per heavy atom. The number of carbonyl (C=O) groups excluding carboxylic acids is 1. The molecule has 1 aliphatic rings. The molecule has 1 aliphatic carbocycles. The van der Waals surface area contributed by atoms with E-state index in [0.717, 1.165) is 17.7 Å². The van der Waals surface area contributed by atoms with Crippen molar-refractivity contribution in [2.45, 2.75) is 25.4 Å². The molecule has 0 aromatic carbocycles. The number of rotatable bonds is 1. The molecule has 1 aromatic rings. The number of nitrogens with zero attached hydrogens (tertiary/aromatic N) is 1. The number of hydrogen-bond acceptors (Lipinski definition) is 3. The zero-order valence-corrected chi connectivity index (χ0v) is 8.93. The van der Waals surface area contributed by atoms with E-state index in [1.54, 1.807) is 6.20 Å². The molecule has 2 rings (SSSR count). The number of hydrogen-bond donors (Lipinski definition) is 0. The van der Waals surface area contributed by atoms with Gasteiger partial charge in [-0.05, 0) is 18.1 Å². The molecule has 0 spiro atoms. The Morgan fingerprint density at radius 3 is 3.21 bits per heavy atom. The average Bonchev–Trinajstić information content (AvgIpc) is 2.36. The van der Waals surface area contributed by atoms with Crippen LogP contribution in [0.5, 0.6) is 0 Å². The lowest BCUT2D eigenvalue weighted by molar-refractivity contribution is -0.118. The van der Waals surface area contributed by atoms with Crippen molar-refractivity contribution in [2.75, 3.05) is 0 Å². The predicted octanol–water partition coefficient (Wildman–Crippen LogP) is 1.83. The van der Waals surface area contributed by atoms with Crippen LogP contribution in [0, 0.1) is 0 Å². The number of pyridine rings is 1. The minimum atomic E-state index is -0.0531. The van der Waals surface area contributed by atoms with Gasteiger partial charge in [0.2, 0.25) is 0 Å². The third-order valence-electron chi connectivity index (χ3n) is 2.47. The van der Waals surface area contributed by atoms with Gasteiger partial charge in [0, 0.05) is 28.5 Å². The molecule has 0 bridgehead atoms. The molecule has 0 N–H and O–H groups in total. The second kappa shape index (κ2) is 4.16. The number of Topliss-reactive ketones (excluding diaryl/α,β-unsaturated/α-hetero) is 1. The van der Waals surface area contributed by atoms with E-state index in [-0.39, 0.29) is 11.9 Å². The SMILES string of the molecule is O=C1CCC(OP)c2ncccc2C1. The molecule has 74 valence electrons. The third kappa shape index (κ3) is 1.84. The van der Waals surface area contributed by atoms with Crippen LogP contribution in [0.1, 0.15) is 30.2 Å². The molecule has 2 unspecified atom stereocenters. The summed E-state index contributed by atoms with van der Waals surface area (Å²) in [6.45, 7) is 0. The normalized spacial score (nSPS) is 21.5. The summed E-state index contributed by atoms with van der Waals surface area (Å²) in [5.74, 6) is 0.267. The summed E-state index contributed by atoms with van der Waals surface area (Å²) in [6, 6.07) is 3.81. The Labute approximate surface area is 85.2 Å². The van der Waals surface area contributed by atoms with Crippen molar-refractivity contribution in [1.82, 2.24) is 4.98 Å². The van der Waals surface area contributed by atoms with Crippen LogP contribution < -0.4 is 0 Å². The molecule has 0 fully saturated rings. The summed E-state index contributed by atoms with van der Waals surface area (Å²) in [5.41, 5.74) is 1.91. The fourth-order valence-corrected chi connectivity index (χ4v) is 2.02. The fraction of sp³-hybridized carbons (Fsp3) is 0.400. The first kappa shape index (κ1) is 9.75. The van der Waals surface area contributed by atoms with Gasteiger partial charge in [0.25, 0.3) is 0 Å². The summed E-state index contributed by atoms with van der Waals surface area (Å²) in [5, 5.41) is 0. The molecule has 0 aliphatic heterocycles. The van der Waals surface area contributed by atoms with Gasteiger partial charge < -0.3 is 4.52 Å². The van der Waals surface area contributed by atoms with Gasteiger partial charge in [-0.2, -0.15) is 0 Å². The van der Waals surface area contributed by atoms with Crippen LogP contribution >= 0.6 is 9.47 Å². The van der Waals surface area contributed by atoms with Crippen LogP contribution in [-0.4, -0.2) is 10.8 Å². The second-order valence-corrected chi connectivity index (χ2v) is 3.70. The maximum Gasteiger partial charge on any atom is 0.137 e. The molecule has 1 heterocycles. The van der Waals surface area contributed by atoms with Crippen molar-refractivity contribution in [3.8, 4) is 0 Å². The lowest BCUT2D eigenvalue weighted by Gasteiger charge is -2.13. The first-order chi connectivity index (χ1) is 6.81. The van der Waals surface area contributed by atoms with Gasteiger partial charge in [0.1, 0.15) is 11.9 Å². The van der Waals surface area contributed by atoms with E-state index in [9.17, 15) is 4.79 Å². The molecule has 0 saturated carbocycles. The number of aromatic nitrogens is 1. The standard InChI is InChI=1S/C10H12NO2P/c12-8-3-4-9(13-14)10-7(6-8)2-1-5-11-10/h1-2,5,9H,3-4,6,14H2. The Balaban J connectivity index is 2.40. The van der Waals surface area contributed by atoms with Crippen molar-refractivity contribution in [1.29, 1.82) is 0 Å². The number of ketones is 1. The summed E-state index contributed by atoms with van der Waals surface area (Å²) >= 11 is 0. The topological polar surface area (TPSA) is 39.2 Å². The van der Waals surface area contributed by atoms with E-state index < -0.39 is 0 Å². The Bertz CT molecular complexity index is 354. The minimum absolute atomic E-state index is 0.0531. The van der Waals surface area contributed by atoms with Crippen molar-refractivity contribution in [2.24, 2.45) is 0 Å². The second-order valence-electron chi connectivity index (χ2n) is 3.43. The lowest BCUT2D eigenvalue weighted by Crippen LogP contribution is -2.02. The summed E-state index contributed by atoms with van der Waals surface area (Å²) in [4.78, 5) is 15.7. The van der Waals surface area contributed by atoms with E-state index in [4.69, 9.17) is 4.52 Å². The third-order valence-corrected chi connectivity index (χ3v) is 2.80. The number of fused-ring (bicyclic) bond motifs is 1. The van der Waals surface area contributed by atoms with Gasteiger partial charge in [0.05, 0.1) is 5.69 Å². The molecule has 3 nitrogen and oxygen atoms in total. The highest BCUT2D eigenvalue weighted by atomic mass is 31.0. The van der Waals surface area contributed by atoms with Gasteiger partial charge in [-0.3, -0.25) is 9.78 Å². The first-order valence-corrected chi connectivity index (χ1v) is 5.09. The molecular weight excluding hydrogens is 197 g/mol. The zero-order valence-electron chi connectivity index (χ0n) is 7.77. The molecule has 0 radical (unpaired) electrons. The molecular formula is C10H12NO2P. The number of carbonyl (C=O) groups is 1. The highest BCUT2D eigenvalue weighted by Gasteiger charge is 2.22. The van der Waals surface area contributed by atoms with E-state index >= 15 is 0 Å². The highest BCUT2D eigenvalue weighted by Crippen LogP contribution is 2.29. The maximum absolute atomic E-state index is 11.4. The van der Waals surface area contributed by atoms with Crippen molar-refractivity contribution in [3.05, 3.63) is 29.6 Å². The Hall–Kier alpha value is -0.790. The van der Waals surface area contributed by atoms with E-state index in [1.807, 2.05) is 12.1 Å². The summed E-state index contributed by atoms with van der Waals surface area (Å²) in [6.07, 6.45) is 3.49. The van der Waals surface area contributed by atoms with Crippen LogP contribution in [0.15, 0.2) is 18.3 Å². The van der Waals surface area contributed by atoms with Crippen LogP contribution in [0.3, 0.4) is 0 Å². The molecule has 1 aromatic heterocycles. The monoisotopic (exact) mass is 209 g/mol. The molecule has 2 atom stereocenters. The fourth-order valence-electron chi connectivity index (χ4n) is 1.75. The summed E-state index contributed by atoms with van der Waals surface area (Å²) < 4.78 is 5.25. The molecule has 14 heavy (non-hydrogen) atoms. The average molecular weight is 209 g/mol. The van der Waals surface area contributed by atoms with Crippen molar-refractivity contribution < 1.29 is 9.32 Å². The van der Waals surface area contributed by atoms with Crippen LogP contribution in [0.2, 0.25) is 0 Å². The van der Waals surface area contributed by atoms with Gasteiger partial charge in [-0.15, -0.1) is 0 Å².